The lowest BCUT2D eigenvalue weighted by atomic mass is 10.2. The van der Waals surface area contributed by atoms with Crippen LogP contribution in [0.5, 0.6) is 0 Å². The number of carbonyl (C=O) groups is 2. The highest BCUT2D eigenvalue weighted by Gasteiger charge is 2.09. The summed E-state index contributed by atoms with van der Waals surface area (Å²) >= 11 is 5.91. The van der Waals surface area contributed by atoms with E-state index in [9.17, 15) is 14.4 Å². The number of nitrogens with zero attached hydrogens (tertiary/aromatic N) is 1. The van der Waals surface area contributed by atoms with Crippen LogP contribution in [0.2, 0.25) is 5.02 Å². The summed E-state index contributed by atoms with van der Waals surface area (Å²) in [6.45, 7) is 1.76. The van der Waals surface area contributed by atoms with Crippen molar-refractivity contribution in [2.45, 2.75) is 13.5 Å². The van der Waals surface area contributed by atoms with Crippen molar-refractivity contribution in [2.75, 3.05) is 10.6 Å². The molecule has 0 spiro atoms. The first-order valence-corrected chi connectivity index (χ1v) is 8.92. The molecule has 0 radical (unpaired) electrons. The third kappa shape index (κ3) is 5.08. The van der Waals surface area contributed by atoms with E-state index in [0.717, 1.165) is 5.56 Å². The Kier molecular flexibility index (Phi) is 5.91. The van der Waals surface area contributed by atoms with Crippen molar-refractivity contribution in [3.05, 3.63) is 93.4 Å². The zero-order valence-electron chi connectivity index (χ0n) is 15.1. The van der Waals surface area contributed by atoms with E-state index >= 15 is 0 Å². The quantitative estimate of drug-likeness (QED) is 0.691. The first kappa shape index (κ1) is 19.4. The summed E-state index contributed by atoms with van der Waals surface area (Å²) in [6, 6.07) is 16.5. The molecule has 7 heteroatoms. The Balaban J connectivity index is 1.62. The van der Waals surface area contributed by atoms with Gasteiger partial charge in [0.25, 0.3) is 11.5 Å². The van der Waals surface area contributed by atoms with Gasteiger partial charge in [-0.15, -0.1) is 0 Å². The minimum Gasteiger partial charge on any atom is -0.325 e. The Labute approximate surface area is 166 Å². The van der Waals surface area contributed by atoms with Gasteiger partial charge in [0.2, 0.25) is 5.91 Å². The van der Waals surface area contributed by atoms with E-state index in [1.807, 2.05) is 6.92 Å². The monoisotopic (exact) mass is 395 g/mol. The molecule has 28 heavy (non-hydrogen) atoms. The number of benzene rings is 2. The normalized spacial score (nSPS) is 10.4. The Morgan fingerprint density at radius 2 is 1.71 bits per heavy atom. The molecule has 2 N–H and O–H groups in total. The van der Waals surface area contributed by atoms with Crippen LogP contribution in [-0.2, 0) is 11.3 Å². The van der Waals surface area contributed by atoms with Crippen LogP contribution in [0.3, 0.4) is 0 Å². The largest absolute Gasteiger partial charge is 0.325 e. The summed E-state index contributed by atoms with van der Waals surface area (Å²) in [4.78, 5) is 36.2. The highest BCUT2D eigenvalue weighted by Crippen LogP contribution is 2.17. The molecule has 0 saturated carbocycles. The predicted octanol–water partition coefficient (Wildman–Crippen LogP) is 3.70. The maximum Gasteiger partial charge on any atom is 0.255 e. The number of pyridine rings is 1. The molecule has 0 unspecified atom stereocenters. The molecule has 142 valence electrons. The van der Waals surface area contributed by atoms with Crippen molar-refractivity contribution in [3.8, 4) is 0 Å². The molecule has 0 bridgehead atoms. The van der Waals surface area contributed by atoms with E-state index in [4.69, 9.17) is 11.6 Å². The van der Waals surface area contributed by atoms with Gasteiger partial charge in [0.05, 0.1) is 0 Å². The summed E-state index contributed by atoms with van der Waals surface area (Å²) in [5.41, 5.74) is 2.22. The first-order valence-electron chi connectivity index (χ1n) is 8.55. The number of hydrogen-bond acceptors (Lipinski definition) is 3. The number of hydrogen-bond donors (Lipinski definition) is 2. The van der Waals surface area contributed by atoms with Gasteiger partial charge in [0.15, 0.2) is 0 Å². The van der Waals surface area contributed by atoms with Crippen LogP contribution in [0.15, 0.2) is 71.7 Å². The Bertz CT molecular complexity index is 1070. The maximum absolute atomic E-state index is 12.3. The summed E-state index contributed by atoms with van der Waals surface area (Å²) in [5, 5.41) is 6.00. The topological polar surface area (TPSA) is 80.2 Å². The van der Waals surface area contributed by atoms with E-state index < -0.39 is 0 Å². The molecule has 3 rings (SSSR count). The molecule has 0 aliphatic heterocycles. The molecular weight excluding hydrogens is 378 g/mol. The standard InChI is InChI=1S/C21H18ClN3O3/c1-14-5-10-20(27)25(12-14)13-19(26)23-17-8-6-15(7-9-17)21(28)24-18-4-2-3-16(22)11-18/h2-12H,13H2,1H3,(H,23,26)(H,24,28). The number of rotatable bonds is 5. The Hall–Kier alpha value is -3.38. The highest BCUT2D eigenvalue weighted by molar-refractivity contribution is 6.31. The molecule has 1 heterocycles. The zero-order chi connectivity index (χ0) is 20.1. The summed E-state index contributed by atoms with van der Waals surface area (Å²) in [6.07, 6.45) is 1.63. The lowest BCUT2D eigenvalue weighted by Crippen LogP contribution is -2.26. The first-order chi connectivity index (χ1) is 13.4. The third-order valence-electron chi connectivity index (χ3n) is 3.96. The third-order valence-corrected chi connectivity index (χ3v) is 4.19. The van der Waals surface area contributed by atoms with Gasteiger partial charge in [0.1, 0.15) is 6.54 Å². The second-order valence-corrected chi connectivity index (χ2v) is 6.70. The van der Waals surface area contributed by atoms with Crippen molar-refractivity contribution in [1.82, 2.24) is 4.57 Å². The number of halogens is 1. The smallest absolute Gasteiger partial charge is 0.255 e. The average Bonchev–Trinajstić information content (AvgIpc) is 2.65. The Morgan fingerprint density at radius 3 is 2.43 bits per heavy atom. The van der Waals surface area contributed by atoms with Crippen molar-refractivity contribution >= 4 is 34.8 Å². The molecule has 2 amide bonds. The van der Waals surface area contributed by atoms with Crippen molar-refractivity contribution in [1.29, 1.82) is 0 Å². The van der Waals surface area contributed by atoms with Gasteiger partial charge < -0.3 is 15.2 Å². The minimum atomic E-state index is -0.330. The van der Waals surface area contributed by atoms with Crippen LogP contribution < -0.4 is 16.2 Å². The van der Waals surface area contributed by atoms with E-state index in [2.05, 4.69) is 10.6 Å². The van der Waals surface area contributed by atoms with Crippen LogP contribution >= 0.6 is 11.6 Å². The summed E-state index contributed by atoms with van der Waals surface area (Å²) in [5.74, 6) is -0.615. The van der Waals surface area contributed by atoms with Gasteiger partial charge in [-0.25, -0.2) is 0 Å². The van der Waals surface area contributed by atoms with Gasteiger partial charge in [-0.05, 0) is 55.0 Å². The maximum atomic E-state index is 12.3. The average molecular weight is 396 g/mol. The molecule has 2 aromatic carbocycles. The van der Waals surface area contributed by atoms with Gasteiger partial charge >= 0.3 is 0 Å². The molecule has 0 fully saturated rings. The lowest BCUT2D eigenvalue weighted by Gasteiger charge is -2.09. The number of aryl methyl sites for hydroxylation is 1. The molecule has 6 nitrogen and oxygen atoms in total. The van der Waals surface area contributed by atoms with E-state index in [0.29, 0.717) is 22.0 Å². The molecule has 3 aromatic rings. The lowest BCUT2D eigenvalue weighted by molar-refractivity contribution is -0.116. The fourth-order valence-corrected chi connectivity index (χ4v) is 2.79. The van der Waals surface area contributed by atoms with Crippen LogP contribution in [0.4, 0.5) is 11.4 Å². The molecule has 0 aliphatic rings. The van der Waals surface area contributed by atoms with Crippen molar-refractivity contribution in [3.63, 3.8) is 0 Å². The number of anilines is 2. The predicted molar refractivity (Wildman–Crippen MR) is 110 cm³/mol. The second kappa shape index (κ2) is 8.54. The number of aromatic nitrogens is 1. The van der Waals surface area contributed by atoms with Gasteiger partial charge in [-0.1, -0.05) is 23.7 Å². The number of nitrogens with one attached hydrogen (secondary N) is 2. The minimum absolute atomic E-state index is 0.0858. The fraction of sp³-hybridized carbons (Fsp3) is 0.0952. The SMILES string of the molecule is Cc1ccc(=O)n(CC(=O)Nc2ccc(C(=O)Nc3cccc(Cl)c3)cc2)c1. The molecule has 0 atom stereocenters. The second-order valence-electron chi connectivity index (χ2n) is 6.26. The van der Waals surface area contributed by atoms with E-state index in [1.54, 1.807) is 60.8 Å². The van der Waals surface area contributed by atoms with E-state index in [1.165, 1.54) is 10.6 Å². The van der Waals surface area contributed by atoms with Gasteiger partial charge in [0, 0.05) is 34.2 Å². The van der Waals surface area contributed by atoms with Crippen LogP contribution in [-0.4, -0.2) is 16.4 Å². The fourth-order valence-electron chi connectivity index (χ4n) is 2.60. The number of carbonyl (C=O) groups excluding carboxylic acids is 2. The van der Waals surface area contributed by atoms with Crippen molar-refractivity contribution in [2.24, 2.45) is 0 Å². The molecular formula is C21H18ClN3O3. The van der Waals surface area contributed by atoms with Crippen molar-refractivity contribution < 1.29 is 9.59 Å². The van der Waals surface area contributed by atoms with Crippen LogP contribution in [0, 0.1) is 6.92 Å². The van der Waals surface area contributed by atoms with E-state index in [-0.39, 0.29) is 23.9 Å². The number of amides is 2. The van der Waals surface area contributed by atoms with Crippen LogP contribution in [0.25, 0.3) is 0 Å². The molecule has 0 saturated heterocycles. The highest BCUT2D eigenvalue weighted by atomic mass is 35.5. The molecule has 0 aliphatic carbocycles. The Morgan fingerprint density at radius 1 is 0.964 bits per heavy atom. The van der Waals surface area contributed by atoms with Crippen LogP contribution in [0.1, 0.15) is 15.9 Å². The summed E-state index contributed by atoms with van der Waals surface area (Å²) in [7, 11) is 0. The van der Waals surface area contributed by atoms with Gasteiger partial charge in [-0.2, -0.15) is 0 Å². The summed E-state index contributed by atoms with van der Waals surface area (Å²) < 4.78 is 1.34. The zero-order valence-corrected chi connectivity index (χ0v) is 15.9. The molecule has 1 aromatic heterocycles. The van der Waals surface area contributed by atoms with Gasteiger partial charge in [-0.3, -0.25) is 14.4 Å².